The lowest BCUT2D eigenvalue weighted by Gasteiger charge is -2.11. The molecule has 0 radical (unpaired) electrons. The summed E-state index contributed by atoms with van der Waals surface area (Å²) in [6, 6.07) is -0.461. The van der Waals surface area contributed by atoms with Gasteiger partial charge in [-0.05, 0) is 25.7 Å². The summed E-state index contributed by atoms with van der Waals surface area (Å²) in [6.07, 6.45) is 3.62. The Labute approximate surface area is 87.5 Å². The number of aromatic nitrogens is 1. The molecule has 1 unspecified atom stereocenters. The Morgan fingerprint density at radius 2 is 2.53 bits per heavy atom. The Hall–Kier alpha value is -1.36. The van der Waals surface area contributed by atoms with Gasteiger partial charge in [0.25, 0.3) is 0 Å². The topological polar surface area (TPSA) is 75.4 Å². The van der Waals surface area contributed by atoms with Crippen molar-refractivity contribution >= 4 is 5.97 Å². The van der Waals surface area contributed by atoms with E-state index in [0.717, 1.165) is 18.6 Å². The second kappa shape index (κ2) is 4.02. The lowest BCUT2D eigenvalue weighted by Crippen LogP contribution is -2.38. The minimum atomic E-state index is -0.791. The Kier molecular flexibility index (Phi) is 2.73. The highest BCUT2D eigenvalue weighted by atomic mass is 16.4. The molecule has 0 aromatic carbocycles. The van der Waals surface area contributed by atoms with Crippen LogP contribution in [0.4, 0.5) is 0 Å². The predicted molar refractivity (Wildman–Crippen MR) is 52.2 cm³/mol. The number of carboxylic acid groups (broad SMARTS) is 1. The molecule has 1 aromatic heterocycles. The number of rotatable bonds is 5. The molecule has 0 amide bonds. The van der Waals surface area contributed by atoms with Crippen molar-refractivity contribution in [3.05, 3.63) is 17.8 Å². The molecular formula is C10H14N2O3. The van der Waals surface area contributed by atoms with E-state index in [1.165, 1.54) is 0 Å². The van der Waals surface area contributed by atoms with Gasteiger partial charge in [0.15, 0.2) is 0 Å². The lowest BCUT2D eigenvalue weighted by atomic mass is 10.2. The zero-order valence-corrected chi connectivity index (χ0v) is 8.56. The minimum Gasteiger partial charge on any atom is -0.480 e. The number of nitrogens with zero attached hydrogens (tertiary/aromatic N) is 1. The number of carbonyl (C=O) groups is 1. The maximum Gasteiger partial charge on any atom is 0.320 e. The number of aliphatic carboxylic acids is 1. The van der Waals surface area contributed by atoms with Crippen LogP contribution < -0.4 is 5.32 Å². The van der Waals surface area contributed by atoms with Crippen LogP contribution in [-0.4, -0.2) is 22.1 Å². The van der Waals surface area contributed by atoms with Crippen molar-refractivity contribution in [2.75, 3.05) is 0 Å². The molecule has 0 spiro atoms. The Bertz CT molecular complexity index is 357. The van der Waals surface area contributed by atoms with E-state index in [0.29, 0.717) is 12.4 Å². The SMILES string of the molecule is Cc1cnc(CNC(C(=O)O)C2CC2)o1. The molecule has 1 saturated carbocycles. The zero-order chi connectivity index (χ0) is 10.8. The number of oxazole rings is 1. The summed E-state index contributed by atoms with van der Waals surface area (Å²) in [7, 11) is 0. The third-order valence-corrected chi connectivity index (χ3v) is 2.50. The maximum absolute atomic E-state index is 10.9. The molecule has 1 heterocycles. The first-order valence-corrected chi connectivity index (χ1v) is 5.04. The maximum atomic E-state index is 10.9. The number of hydrogen-bond donors (Lipinski definition) is 2. The third kappa shape index (κ3) is 2.56. The monoisotopic (exact) mass is 210 g/mol. The number of nitrogens with one attached hydrogen (secondary N) is 1. The fourth-order valence-corrected chi connectivity index (χ4v) is 1.57. The van der Waals surface area contributed by atoms with Gasteiger partial charge in [0, 0.05) is 0 Å². The summed E-state index contributed by atoms with van der Waals surface area (Å²) in [5.74, 6) is 0.767. The fourth-order valence-electron chi connectivity index (χ4n) is 1.57. The van der Waals surface area contributed by atoms with Crippen LogP contribution in [0.3, 0.4) is 0 Å². The average molecular weight is 210 g/mol. The van der Waals surface area contributed by atoms with E-state index < -0.39 is 12.0 Å². The zero-order valence-electron chi connectivity index (χ0n) is 8.56. The number of carboxylic acids is 1. The molecule has 0 aliphatic heterocycles. The van der Waals surface area contributed by atoms with E-state index in [2.05, 4.69) is 10.3 Å². The smallest absolute Gasteiger partial charge is 0.320 e. The molecule has 5 heteroatoms. The van der Waals surface area contributed by atoms with Crippen LogP contribution in [0.15, 0.2) is 10.6 Å². The van der Waals surface area contributed by atoms with Gasteiger partial charge in [-0.1, -0.05) is 0 Å². The normalized spacial score (nSPS) is 17.7. The van der Waals surface area contributed by atoms with Crippen molar-refractivity contribution < 1.29 is 14.3 Å². The molecule has 1 aliphatic rings. The summed E-state index contributed by atoms with van der Waals surface area (Å²) in [6.45, 7) is 2.19. The quantitative estimate of drug-likeness (QED) is 0.756. The van der Waals surface area contributed by atoms with Crippen LogP contribution in [0.5, 0.6) is 0 Å². The first-order valence-electron chi connectivity index (χ1n) is 5.04. The number of aryl methyl sites for hydroxylation is 1. The van der Waals surface area contributed by atoms with Gasteiger partial charge < -0.3 is 9.52 Å². The lowest BCUT2D eigenvalue weighted by molar-refractivity contribution is -0.140. The van der Waals surface area contributed by atoms with Crippen molar-refractivity contribution in [2.24, 2.45) is 5.92 Å². The van der Waals surface area contributed by atoms with Gasteiger partial charge in [-0.25, -0.2) is 4.98 Å². The Balaban J connectivity index is 1.87. The summed E-state index contributed by atoms with van der Waals surface area (Å²) < 4.78 is 5.25. The molecule has 0 bridgehead atoms. The molecule has 15 heavy (non-hydrogen) atoms. The van der Waals surface area contributed by atoms with Crippen molar-refractivity contribution in [1.29, 1.82) is 0 Å². The third-order valence-electron chi connectivity index (χ3n) is 2.50. The highest BCUT2D eigenvalue weighted by molar-refractivity contribution is 5.74. The summed E-state index contributed by atoms with van der Waals surface area (Å²) in [4.78, 5) is 14.9. The molecule has 1 aromatic rings. The van der Waals surface area contributed by atoms with Crippen LogP contribution >= 0.6 is 0 Å². The molecule has 1 aliphatic carbocycles. The summed E-state index contributed by atoms with van der Waals surface area (Å²) in [5, 5.41) is 11.9. The van der Waals surface area contributed by atoms with Gasteiger partial charge >= 0.3 is 5.97 Å². The van der Waals surface area contributed by atoms with Gasteiger partial charge in [0.05, 0.1) is 12.7 Å². The molecule has 82 valence electrons. The fraction of sp³-hybridized carbons (Fsp3) is 0.600. The van der Waals surface area contributed by atoms with Crippen molar-refractivity contribution in [2.45, 2.75) is 32.4 Å². The van der Waals surface area contributed by atoms with E-state index in [4.69, 9.17) is 9.52 Å². The van der Waals surface area contributed by atoms with E-state index in [1.807, 2.05) is 6.92 Å². The minimum absolute atomic E-state index is 0.276. The van der Waals surface area contributed by atoms with Crippen LogP contribution in [-0.2, 0) is 11.3 Å². The van der Waals surface area contributed by atoms with Gasteiger partial charge in [0.2, 0.25) is 5.89 Å². The van der Waals surface area contributed by atoms with E-state index >= 15 is 0 Å². The highest BCUT2D eigenvalue weighted by Gasteiger charge is 2.35. The molecule has 1 fully saturated rings. The molecular weight excluding hydrogens is 196 g/mol. The standard InChI is InChI=1S/C10H14N2O3/c1-6-4-11-8(15-6)5-12-9(10(13)14)7-2-3-7/h4,7,9,12H,2-3,5H2,1H3,(H,13,14). The Morgan fingerprint density at radius 1 is 1.80 bits per heavy atom. The number of hydrogen-bond acceptors (Lipinski definition) is 4. The Morgan fingerprint density at radius 3 is 3.00 bits per heavy atom. The van der Waals surface area contributed by atoms with E-state index in [9.17, 15) is 4.79 Å². The molecule has 2 N–H and O–H groups in total. The van der Waals surface area contributed by atoms with Crippen molar-refractivity contribution in [3.8, 4) is 0 Å². The largest absolute Gasteiger partial charge is 0.480 e. The summed E-state index contributed by atoms with van der Waals surface area (Å²) >= 11 is 0. The van der Waals surface area contributed by atoms with Crippen LogP contribution in [0, 0.1) is 12.8 Å². The van der Waals surface area contributed by atoms with Crippen molar-refractivity contribution in [1.82, 2.24) is 10.3 Å². The van der Waals surface area contributed by atoms with Gasteiger partial charge in [0.1, 0.15) is 11.8 Å². The van der Waals surface area contributed by atoms with E-state index in [-0.39, 0.29) is 5.92 Å². The van der Waals surface area contributed by atoms with Crippen LogP contribution in [0.25, 0.3) is 0 Å². The van der Waals surface area contributed by atoms with Gasteiger partial charge in [-0.15, -0.1) is 0 Å². The van der Waals surface area contributed by atoms with Gasteiger partial charge in [-0.2, -0.15) is 0 Å². The average Bonchev–Trinajstić information content (AvgIpc) is 2.90. The second-order valence-electron chi connectivity index (χ2n) is 3.90. The molecule has 2 rings (SSSR count). The highest BCUT2D eigenvalue weighted by Crippen LogP contribution is 2.32. The first kappa shape index (κ1) is 10.2. The van der Waals surface area contributed by atoms with Crippen LogP contribution in [0.2, 0.25) is 0 Å². The predicted octanol–water partition coefficient (Wildman–Crippen LogP) is 0.936. The molecule has 5 nitrogen and oxygen atoms in total. The molecule has 0 saturated heterocycles. The molecule has 1 atom stereocenters. The van der Waals surface area contributed by atoms with Crippen molar-refractivity contribution in [3.63, 3.8) is 0 Å². The first-order chi connectivity index (χ1) is 7.16. The van der Waals surface area contributed by atoms with Gasteiger partial charge in [-0.3, -0.25) is 10.1 Å². The van der Waals surface area contributed by atoms with Crippen LogP contribution in [0.1, 0.15) is 24.5 Å². The summed E-state index contributed by atoms with van der Waals surface area (Å²) in [5.41, 5.74) is 0. The second-order valence-corrected chi connectivity index (χ2v) is 3.90. The van der Waals surface area contributed by atoms with E-state index in [1.54, 1.807) is 6.20 Å².